The lowest BCUT2D eigenvalue weighted by atomic mass is 10.1. The number of nitrogens with one attached hydrogen (secondary N) is 1. The number of hydrogen-bond donors (Lipinski definition) is 1. The van der Waals surface area contributed by atoms with Gasteiger partial charge in [-0.3, -0.25) is 4.79 Å². The Labute approximate surface area is 155 Å². The topological polar surface area (TPSA) is 55.1 Å². The van der Waals surface area contributed by atoms with Crippen LogP contribution >= 0.6 is 0 Å². The molecule has 0 radical (unpaired) electrons. The van der Waals surface area contributed by atoms with Gasteiger partial charge in [-0.25, -0.2) is 9.37 Å². The van der Waals surface area contributed by atoms with Gasteiger partial charge >= 0.3 is 0 Å². The van der Waals surface area contributed by atoms with E-state index in [1.54, 1.807) is 24.3 Å². The largest absolute Gasteiger partial charge is 0.436 e. The average Bonchev–Trinajstić information content (AvgIpc) is 3.07. The van der Waals surface area contributed by atoms with Gasteiger partial charge in [0.05, 0.1) is 6.42 Å². The molecular formula is C22H17FN2O2. The fourth-order valence-electron chi connectivity index (χ4n) is 2.90. The molecule has 3 aromatic carbocycles. The summed E-state index contributed by atoms with van der Waals surface area (Å²) in [5.74, 6) is 0.0437. The van der Waals surface area contributed by atoms with Crippen molar-refractivity contribution in [3.8, 4) is 11.5 Å². The molecule has 4 nitrogen and oxygen atoms in total. The molecule has 0 aliphatic rings. The third-order valence-electron chi connectivity index (χ3n) is 4.22. The van der Waals surface area contributed by atoms with Crippen LogP contribution in [0.1, 0.15) is 11.1 Å². The number of halogens is 1. The zero-order valence-corrected chi connectivity index (χ0v) is 14.7. The molecular weight excluding hydrogens is 343 g/mol. The second-order valence-electron chi connectivity index (χ2n) is 6.42. The fraction of sp³-hybridized carbons (Fsp3) is 0.0909. The van der Waals surface area contributed by atoms with Crippen LogP contribution < -0.4 is 5.32 Å². The summed E-state index contributed by atoms with van der Waals surface area (Å²) in [6.45, 7) is 2.01. The van der Waals surface area contributed by atoms with E-state index in [0.29, 0.717) is 17.2 Å². The number of nitrogens with zero attached hydrogens (tertiary/aromatic N) is 1. The van der Waals surface area contributed by atoms with Crippen molar-refractivity contribution >= 4 is 22.7 Å². The quantitative estimate of drug-likeness (QED) is 0.549. The lowest BCUT2D eigenvalue weighted by Gasteiger charge is -2.05. The van der Waals surface area contributed by atoms with Crippen LogP contribution in [-0.2, 0) is 11.2 Å². The first-order chi connectivity index (χ1) is 13.1. The molecule has 1 N–H and O–H groups in total. The van der Waals surface area contributed by atoms with Gasteiger partial charge in [-0.05, 0) is 48.9 Å². The predicted molar refractivity (Wildman–Crippen MR) is 103 cm³/mol. The summed E-state index contributed by atoms with van der Waals surface area (Å²) >= 11 is 0. The molecule has 0 spiro atoms. The third kappa shape index (κ3) is 3.87. The molecule has 134 valence electrons. The van der Waals surface area contributed by atoms with Crippen LogP contribution in [0.15, 0.2) is 71.1 Å². The zero-order chi connectivity index (χ0) is 18.8. The van der Waals surface area contributed by atoms with E-state index in [1.165, 1.54) is 12.1 Å². The fourth-order valence-corrected chi connectivity index (χ4v) is 2.90. The highest BCUT2D eigenvalue weighted by Gasteiger charge is 2.10. The van der Waals surface area contributed by atoms with Gasteiger partial charge < -0.3 is 9.73 Å². The van der Waals surface area contributed by atoms with E-state index in [-0.39, 0.29) is 18.1 Å². The molecule has 4 aromatic rings. The normalized spacial score (nSPS) is 10.9. The average molecular weight is 360 g/mol. The molecule has 0 aliphatic heterocycles. The molecule has 1 heterocycles. The summed E-state index contributed by atoms with van der Waals surface area (Å²) in [6, 6.07) is 19.2. The minimum absolute atomic E-state index is 0.170. The number of fused-ring (bicyclic) bond motifs is 1. The number of carbonyl (C=O) groups is 1. The first-order valence-electron chi connectivity index (χ1n) is 8.59. The number of benzene rings is 3. The van der Waals surface area contributed by atoms with Crippen molar-refractivity contribution in [3.05, 3.63) is 83.7 Å². The van der Waals surface area contributed by atoms with Gasteiger partial charge in [0, 0.05) is 17.3 Å². The second kappa shape index (κ2) is 7.03. The van der Waals surface area contributed by atoms with Gasteiger partial charge in [0.2, 0.25) is 11.8 Å². The van der Waals surface area contributed by atoms with Crippen molar-refractivity contribution in [1.82, 2.24) is 4.98 Å². The standard InChI is InChI=1S/C22H17FN2O2/c1-14-3-2-4-16(11-14)22-25-19-10-9-18(13-20(19)27-22)24-21(26)12-15-5-7-17(23)8-6-15/h2-11,13H,12H2,1H3,(H,24,26). The minimum Gasteiger partial charge on any atom is -0.436 e. The monoisotopic (exact) mass is 360 g/mol. The molecule has 0 atom stereocenters. The third-order valence-corrected chi connectivity index (χ3v) is 4.22. The first kappa shape index (κ1) is 17.0. The van der Waals surface area contributed by atoms with Gasteiger partial charge in [0.1, 0.15) is 11.3 Å². The molecule has 1 aromatic heterocycles. The van der Waals surface area contributed by atoms with Crippen molar-refractivity contribution in [2.75, 3.05) is 5.32 Å². The highest BCUT2D eigenvalue weighted by molar-refractivity contribution is 5.94. The number of aryl methyl sites for hydroxylation is 1. The van der Waals surface area contributed by atoms with Crippen LogP contribution in [0.2, 0.25) is 0 Å². The van der Waals surface area contributed by atoms with Crippen LogP contribution in [0, 0.1) is 12.7 Å². The van der Waals surface area contributed by atoms with Gasteiger partial charge in [0.15, 0.2) is 5.58 Å². The maximum atomic E-state index is 12.9. The number of hydrogen-bond acceptors (Lipinski definition) is 3. The molecule has 0 bridgehead atoms. The predicted octanol–water partition coefficient (Wildman–Crippen LogP) is 5.12. The molecule has 0 aliphatic carbocycles. The highest BCUT2D eigenvalue weighted by atomic mass is 19.1. The molecule has 4 rings (SSSR count). The maximum Gasteiger partial charge on any atom is 0.228 e. The smallest absolute Gasteiger partial charge is 0.228 e. The van der Waals surface area contributed by atoms with Crippen molar-refractivity contribution in [3.63, 3.8) is 0 Å². The lowest BCUT2D eigenvalue weighted by Crippen LogP contribution is -2.14. The Bertz CT molecular complexity index is 1120. The molecule has 0 saturated heterocycles. The minimum atomic E-state index is -0.320. The summed E-state index contributed by atoms with van der Waals surface area (Å²) in [4.78, 5) is 16.7. The highest BCUT2D eigenvalue weighted by Crippen LogP contribution is 2.26. The Hall–Kier alpha value is -3.47. The van der Waals surface area contributed by atoms with E-state index >= 15 is 0 Å². The van der Waals surface area contributed by atoms with Crippen molar-refractivity contribution in [2.24, 2.45) is 0 Å². The Kier molecular flexibility index (Phi) is 4.42. The summed E-state index contributed by atoms with van der Waals surface area (Å²) in [5, 5.41) is 2.83. The summed E-state index contributed by atoms with van der Waals surface area (Å²) in [6.07, 6.45) is 0.170. The molecule has 0 fully saturated rings. The first-order valence-corrected chi connectivity index (χ1v) is 8.59. The molecule has 0 unspecified atom stereocenters. The van der Waals surface area contributed by atoms with E-state index in [1.807, 2.05) is 37.3 Å². The number of rotatable bonds is 4. The molecule has 0 saturated carbocycles. The van der Waals surface area contributed by atoms with E-state index < -0.39 is 0 Å². The summed E-state index contributed by atoms with van der Waals surface area (Å²) in [7, 11) is 0. The Morgan fingerprint density at radius 2 is 1.89 bits per heavy atom. The van der Waals surface area contributed by atoms with Gasteiger partial charge in [-0.1, -0.05) is 29.8 Å². The van der Waals surface area contributed by atoms with Crippen LogP contribution in [-0.4, -0.2) is 10.9 Å². The summed E-state index contributed by atoms with van der Waals surface area (Å²) < 4.78 is 18.8. The Balaban J connectivity index is 1.53. The molecule has 1 amide bonds. The number of anilines is 1. The van der Waals surface area contributed by atoms with Crippen molar-refractivity contribution in [2.45, 2.75) is 13.3 Å². The van der Waals surface area contributed by atoms with Crippen LogP contribution in [0.4, 0.5) is 10.1 Å². The van der Waals surface area contributed by atoms with E-state index in [0.717, 1.165) is 22.2 Å². The Morgan fingerprint density at radius 1 is 1.07 bits per heavy atom. The van der Waals surface area contributed by atoms with Crippen LogP contribution in [0.25, 0.3) is 22.6 Å². The summed E-state index contributed by atoms with van der Waals surface area (Å²) in [5.41, 5.74) is 4.74. The number of carbonyl (C=O) groups excluding carboxylic acids is 1. The van der Waals surface area contributed by atoms with Crippen molar-refractivity contribution in [1.29, 1.82) is 0 Å². The Morgan fingerprint density at radius 3 is 2.67 bits per heavy atom. The second-order valence-corrected chi connectivity index (χ2v) is 6.42. The zero-order valence-electron chi connectivity index (χ0n) is 14.7. The van der Waals surface area contributed by atoms with Crippen LogP contribution in [0.3, 0.4) is 0 Å². The SMILES string of the molecule is Cc1cccc(-c2nc3ccc(NC(=O)Cc4ccc(F)cc4)cc3o2)c1. The van der Waals surface area contributed by atoms with Gasteiger partial charge in [-0.2, -0.15) is 0 Å². The number of amides is 1. The van der Waals surface area contributed by atoms with E-state index in [9.17, 15) is 9.18 Å². The maximum absolute atomic E-state index is 12.9. The van der Waals surface area contributed by atoms with E-state index in [4.69, 9.17) is 4.42 Å². The van der Waals surface area contributed by atoms with Crippen molar-refractivity contribution < 1.29 is 13.6 Å². The van der Waals surface area contributed by atoms with E-state index in [2.05, 4.69) is 10.3 Å². The number of oxazole rings is 1. The molecule has 5 heteroatoms. The lowest BCUT2D eigenvalue weighted by molar-refractivity contribution is -0.115. The number of aromatic nitrogens is 1. The van der Waals surface area contributed by atoms with Crippen LogP contribution in [0.5, 0.6) is 0 Å². The molecule has 27 heavy (non-hydrogen) atoms. The van der Waals surface area contributed by atoms with Gasteiger partial charge in [-0.15, -0.1) is 0 Å². The van der Waals surface area contributed by atoms with Gasteiger partial charge in [0.25, 0.3) is 0 Å².